The van der Waals surface area contributed by atoms with Crippen LogP contribution >= 0.6 is 0 Å². The van der Waals surface area contributed by atoms with Gasteiger partial charge in [0.15, 0.2) is 0 Å². The van der Waals surface area contributed by atoms with Gasteiger partial charge in [0.2, 0.25) is 0 Å². The molecule has 0 aromatic heterocycles. The summed E-state index contributed by atoms with van der Waals surface area (Å²) in [7, 11) is 2.02. The molecule has 1 heterocycles. The molecule has 0 radical (unpaired) electrons. The van der Waals surface area contributed by atoms with Gasteiger partial charge < -0.3 is 25.0 Å². The molecular weight excluding hydrogens is 262 g/mol. The average molecular weight is 287 g/mol. The van der Waals surface area contributed by atoms with Crippen molar-refractivity contribution in [3.05, 3.63) is 0 Å². The Morgan fingerprint density at radius 1 is 1.55 bits per heavy atom. The number of aliphatic carboxylic acids is 1. The van der Waals surface area contributed by atoms with Crippen LogP contribution in [0.3, 0.4) is 0 Å². The van der Waals surface area contributed by atoms with Crippen LogP contribution in [0.1, 0.15) is 20.3 Å². The Balaban J connectivity index is 2.40. The highest BCUT2D eigenvalue weighted by molar-refractivity contribution is 5.75. The third kappa shape index (κ3) is 5.34. The van der Waals surface area contributed by atoms with Crippen LogP contribution in [-0.2, 0) is 9.53 Å². The summed E-state index contributed by atoms with van der Waals surface area (Å²) in [5, 5.41) is 11.6. The van der Waals surface area contributed by atoms with E-state index in [0.717, 1.165) is 13.1 Å². The molecule has 2 N–H and O–H groups in total. The third-order valence-corrected chi connectivity index (χ3v) is 3.43. The lowest BCUT2D eigenvalue weighted by Gasteiger charge is -2.32. The van der Waals surface area contributed by atoms with Gasteiger partial charge in [-0.2, -0.15) is 0 Å². The number of nitrogens with zero attached hydrogens (tertiary/aromatic N) is 2. The molecule has 1 fully saturated rings. The molecule has 2 unspecified atom stereocenters. The quantitative estimate of drug-likeness (QED) is 0.730. The Morgan fingerprint density at radius 3 is 2.80 bits per heavy atom. The van der Waals surface area contributed by atoms with E-state index in [4.69, 9.17) is 9.84 Å². The van der Waals surface area contributed by atoms with Gasteiger partial charge >= 0.3 is 12.0 Å². The number of ether oxygens (including phenoxy) is 1. The van der Waals surface area contributed by atoms with E-state index in [1.807, 2.05) is 14.0 Å². The van der Waals surface area contributed by atoms with Crippen molar-refractivity contribution >= 4 is 12.0 Å². The zero-order chi connectivity index (χ0) is 15.1. The highest BCUT2D eigenvalue weighted by Gasteiger charge is 2.23. The van der Waals surface area contributed by atoms with Crippen LogP contribution in [0.15, 0.2) is 0 Å². The summed E-state index contributed by atoms with van der Waals surface area (Å²) in [6.07, 6.45) is -0.0598. The van der Waals surface area contributed by atoms with Crippen LogP contribution in [0, 0.1) is 0 Å². The number of carbonyl (C=O) groups excluding carboxylic acids is 1. The number of morpholine rings is 1. The lowest BCUT2D eigenvalue weighted by molar-refractivity contribution is -0.138. The SMILES string of the molecule is CCN(C(=O)NCC1CN(C)CCO1)C(C)CC(=O)O. The maximum absolute atomic E-state index is 12.1. The van der Waals surface area contributed by atoms with Crippen molar-refractivity contribution in [2.75, 3.05) is 39.8 Å². The Hall–Kier alpha value is -1.34. The van der Waals surface area contributed by atoms with Gasteiger partial charge in [0, 0.05) is 32.2 Å². The van der Waals surface area contributed by atoms with E-state index in [9.17, 15) is 9.59 Å². The number of carboxylic acid groups (broad SMARTS) is 1. The smallest absolute Gasteiger partial charge is 0.317 e. The lowest BCUT2D eigenvalue weighted by atomic mass is 10.2. The normalized spacial score (nSPS) is 21.2. The topological polar surface area (TPSA) is 82.1 Å². The van der Waals surface area contributed by atoms with E-state index in [2.05, 4.69) is 10.2 Å². The summed E-state index contributed by atoms with van der Waals surface area (Å²) in [5.74, 6) is -0.902. The maximum atomic E-state index is 12.1. The van der Waals surface area contributed by atoms with E-state index in [-0.39, 0.29) is 24.6 Å². The first kappa shape index (κ1) is 16.7. The summed E-state index contributed by atoms with van der Waals surface area (Å²) >= 11 is 0. The molecule has 1 saturated heterocycles. The third-order valence-electron chi connectivity index (χ3n) is 3.43. The van der Waals surface area contributed by atoms with Crippen molar-refractivity contribution in [3.63, 3.8) is 0 Å². The number of nitrogens with one attached hydrogen (secondary N) is 1. The first-order valence-electron chi connectivity index (χ1n) is 7.00. The van der Waals surface area contributed by atoms with Gasteiger partial charge in [0.25, 0.3) is 0 Å². The Morgan fingerprint density at radius 2 is 2.25 bits per heavy atom. The van der Waals surface area contributed by atoms with Crippen LogP contribution in [0.25, 0.3) is 0 Å². The molecule has 0 saturated carbocycles. The number of rotatable bonds is 6. The molecular formula is C13H25N3O4. The van der Waals surface area contributed by atoms with Crippen LogP contribution in [0.5, 0.6) is 0 Å². The molecule has 0 spiro atoms. The number of hydrogen-bond acceptors (Lipinski definition) is 4. The number of hydrogen-bond donors (Lipinski definition) is 2. The Kier molecular flexibility index (Phi) is 6.74. The molecule has 20 heavy (non-hydrogen) atoms. The van der Waals surface area contributed by atoms with Crippen LogP contribution in [0.2, 0.25) is 0 Å². The van der Waals surface area contributed by atoms with E-state index < -0.39 is 5.97 Å². The molecule has 2 amide bonds. The molecule has 0 aliphatic carbocycles. The summed E-state index contributed by atoms with van der Waals surface area (Å²) in [5.41, 5.74) is 0. The minimum Gasteiger partial charge on any atom is -0.481 e. The van der Waals surface area contributed by atoms with Crippen molar-refractivity contribution in [1.82, 2.24) is 15.1 Å². The molecule has 2 atom stereocenters. The zero-order valence-corrected chi connectivity index (χ0v) is 12.5. The number of carboxylic acids is 1. The number of carbonyl (C=O) groups is 2. The van der Waals surface area contributed by atoms with E-state index in [1.165, 1.54) is 4.90 Å². The summed E-state index contributed by atoms with van der Waals surface area (Å²) < 4.78 is 5.57. The van der Waals surface area contributed by atoms with Crippen molar-refractivity contribution in [2.45, 2.75) is 32.4 Å². The minimum atomic E-state index is -0.902. The first-order valence-corrected chi connectivity index (χ1v) is 7.00. The standard InChI is InChI=1S/C13H25N3O4/c1-4-16(10(2)7-12(17)18)13(19)14-8-11-9-15(3)5-6-20-11/h10-11H,4-9H2,1-3H3,(H,14,19)(H,17,18). The van der Waals surface area contributed by atoms with Gasteiger partial charge in [0.1, 0.15) is 0 Å². The molecule has 0 aromatic rings. The lowest BCUT2D eigenvalue weighted by Crippen LogP contribution is -2.50. The van der Waals surface area contributed by atoms with Gasteiger partial charge in [-0.3, -0.25) is 4.79 Å². The Bertz CT molecular complexity index is 338. The van der Waals surface area contributed by atoms with Gasteiger partial charge in [-0.25, -0.2) is 4.79 Å². The fraction of sp³-hybridized carbons (Fsp3) is 0.846. The summed E-state index contributed by atoms with van der Waals surface area (Å²) in [4.78, 5) is 26.5. The predicted molar refractivity (Wildman–Crippen MR) is 74.7 cm³/mol. The molecule has 116 valence electrons. The average Bonchev–Trinajstić information content (AvgIpc) is 2.36. The first-order chi connectivity index (χ1) is 9.43. The molecule has 7 heteroatoms. The molecule has 0 bridgehead atoms. The largest absolute Gasteiger partial charge is 0.481 e. The van der Waals surface area contributed by atoms with E-state index in [1.54, 1.807) is 6.92 Å². The zero-order valence-electron chi connectivity index (χ0n) is 12.5. The van der Waals surface area contributed by atoms with Crippen LogP contribution in [-0.4, -0.2) is 78.9 Å². The van der Waals surface area contributed by atoms with Crippen molar-refractivity contribution in [3.8, 4) is 0 Å². The highest BCUT2D eigenvalue weighted by atomic mass is 16.5. The summed E-state index contributed by atoms with van der Waals surface area (Å²) in [6, 6.07) is -0.564. The second-order valence-electron chi connectivity index (χ2n) is 5.17. The molecule has 0 aromatic carbocycles. The predicted octanol–water partition coefficient (Wildman–Crippen LogP) is 0.212. The fourth-order valence-electron chi connectivity index (χ4n) is 2.31. The van der Waals surface area contributed by atoms with Crippen molar-refractivity contribution in [1.29, 1.82) is 0 Å². The molecule has 1 rings (SSSR count). The second-order valence-corrected chi connectivity index (χ2v) is 5.17. The molecule has 1 aliphatic rings. The van der Waals surface area contributed by atoms with Crippen LogP contribution in [0.4, 0.5) is 4.79 Å². The molecule has 1 aliphatic heterocycles. The van der Waals surface area contributed by atoms with Crippen LogP contribution < -0.4 is 5.32 Å². The van der Waals surface area contributed by atoms with Gasteiger partial charge in [-0.15, -0.1) is 0 Å². The number of amides is 2. The number of likely N-dealkylation sites (N-methyl/N-ethyl adjacent to an activating group) is 1. The monoisotopic (exact) mass is 287 g/mol. The minimum absolute atomic E-state index is 0.00816. The van der Waals surface area contributed by atoms with Crippen molar-refractivity contribution in [2.24, 2.45) is 0 Å². The molecule has 7 nitrogen and oxygen atoms in total. The van der Waals surface area contributed by atoms with Crippen molar-refractivity contribution < 1.29 is 19.4 Å². The van der Waals surface area contributed by atoms with E-state index >= 15 is 0 Å². The highest BCUT2D eigenvalue weighted by Crippen LogP contribution is 2.05. The van der Waals surface area contributed by atoms with E-state index in [0.29, 0.717) is 19.7 Å². The maximum Gasteiger partial charge on any atom is 0.317 e. The number of urea groups is 1. The Labute approximate surface area is 119 Å². The second kappa shape index (κ2) is 8.06. The van der Waals surface area contributed by atoms with Gasteiger partial charge in [-0.1, -0.05) is 0 Å². The summed E-state index contributed by atoms with van der Waals surface area (Å²) in [6.45, 7) is 6.86. The van der Waals surface area contributed by atoms with Gasteiger partial charge in [-0.05, 0) is 20.9 Å². The van der Waals surface area contributed by atoms with Gasteiger partial charge in [0.05, 0.1) is 19.1 Å². The fourth-order valence-corrected chi connectivity index (χ4v) is 2.31.